The number of ether oxygens (including phenoxy) is 2. The van der Waals surface area contributed by atoms with E-state index >= 15 is 0 Å². The summed E-state index contributed by atoms with van der Waals surface area (Å²) >= 11 is 0. The van der Waals surface area contributed by atoms with Crippen LogP contribution in [0.1, 0.15) is 6.92 Å². The van der Waals surface area contributed by atoms with Crippen LogP contribution in [0.5, 0.6) is 5.75 Å². The molecule has 1 atom stereocenters. The van der Waals surface area contributed by atoms with E-state index in [2.05, 4.69) is 9.97 Å². The molecule has 1 saturated heterocycles. The molecule has 8 nitrogen and oxygen atoms in total. The van der Waals surface area contributed by atoms with Gasteiger partial charge in [-0.05, 0) is 24.3 Å². The van der Waals surface area contributed by atoms with Crippen LogP contribution in [0.25, 0.3) is 17.3 Å². The molecule has 3 heterocycles. The third kappa shape index (κ3) is 3.63. The SMILES string of the molecule is COc1ccc(-n2ccnc2-c2nccn2C[C@H]2CN(C(C)=O)CCO2)cc1. The summed E-state index contributed by atoms with van der Waals surface area (Å²) in [6.45, 7) is 3.98. The van der Waals surface area contributed by atoms with Gasteiger partial charge in [0.2, 0.25) is 5.91 Å². The average molecular weight is 381 g/mol. The number of carbonyl (C=O) groups is 1. The fourth-order valence-electron chi connectivity index (χ4n) is 3.42. The van der Waals surface area contributed by atoms with Crippen LogP contribution in [-0.2, 0) is 16.1 Å². The second-order valence-electron chi connectivity index (χ2n) is 6.68. The van der Waals surface area contributed by atoms with Gasteiger partial charge in [0, 0.05) is 50.5 Å². The summed E-state index contributed by atoms with van der Waals surface area (Å²) in [5.74, 6) is 2.38. The van der Waals surface area contributed by atoms with Crippen LogP contribution in [0.2, 0.25) is 0 Å². The zero-order valence-corrected chi connectivity index (χ0v) is 16.0. The molecule has 1 aliphatic rings. The second-order valence-corrected chi connectivity index (χ2v) is 6.68. The van der Waals surface area contributed by atoms with E-state index in [1.807, 2.05) is 50.7 Å². The van der Waals surface area contributed by atoms with Crippen molar-refractivity contribution in [2.75, 3.05) is 26.8 Å². The van der Waals surface area contributed by atoms with Gasteiger partial charge in [-0.3, -0.25) is 9.36 Å². The minimum absolute atomic E-state index is 0.0741. The predicted octanol–water partition coefficient (Wildman–Crippen LogP) is 1.99. The van der Waals surface area contributed by atoms with Crippen LogP contribution in [0.4, 0.5) is 0 Å². The topological polar surface area (TPSA) is 74.4 Å². The summed E-state index contributed by atoms with van der Waals surface area (Å²) in [6.07, 6.45) is 7.26. The van der Waals surface area contributed by atoms with Gasteiger partial charge in [-0.25, -0.2) is 9.97 Å². The molecule has 0 radical (unpaired) electrons. The third-order valence-corrected chi connectivity index (χ3v) is 4.89. The Morgan fingerprint density at radius 1 is 1.18 bits per heavy atom. The molecule has 0 unspecified atom stereocenters. The lowest BCUT2D eigenvalue weighted by Gasteiger charge is -2.32. The number of amides is 1. The van der Waals surface area contributed by atoms with E-state index in [0.29, 0.717) is 26.2 Å². The Kier molecular flexibility index (Phi) is 5.12. The van der Waals surface area contributed by atoms with Gasteiger partial charge in [0.05, 0.1) is 26.4 Å². The largest absolute Gasteiger partial charge is 0.497 e. The van der Waals surface area contributed by atoms with Gasteiger partial charge in [0.15, 0.2) is 11.6 Å². The van der Waals surface area contributed by atoms with Gasteiger partial charge in [-0.1, -0.05) is 0 Å². The van der Waals surface area contributed by atoms with Crippen LogP contribution in [-0.4, -0.2) is 62.8 Å². The number of nitrogens with zero attached hydrogens (tertiary/aromatic N) is 5. The molecular weight excluding hydrogens is 358 g/mol. The predicted molar refractivity (Wildman–Crippen MR) is 103 cm³/mol. The van der Waals surface area contributed by atoms with Gasteiger partial charge < -0.3 is 18.9 Å². The number of carbonyl (C=O) groups excluding carboxylic acids is 1. The van der Waals surface area contributed by atoms with Crippen molar-refractivity contribution in [2.45, 2.75) is 19.6 Å². The van der Waals surface area contributed by atoms with Crippen molar-refractivity contribution >= 4 is 5.91 Å². The van der Waals surface area contributed by atoms with Crippen molar-refractivity contribution in [3.63, 3.8) is 0 Å². The van der Waals surface area contributed by atoms with Crippen LogP contribution in [0.15, 0.2) is 49.1 Å². The lowest BCUT2D eigenvalue weighted by atomic mass is 10.2. The Balaban J connectivity index is 1.58. The monoisotopic (exact) mass is 381 g/mol. The smallest absolute Gasteiger partial charge is 0.219 e. The molecule has 1 fully saturated rings. The zero-order valence-electron chi connectivity index (χ0n) is 16.0. The van der Waals surface area contributed by atoms with E-state index in [4.69, 9.17) is 9.47 Å². The lowest BCUT2D eigenvalue weighted by Crippen LogP contribution is -2.46. The molecular formula is C20H23N5O3. The number of imidazole rings is 2. The van der Waals surface area contributed by atoms with Crippen molar-refractivity contribution in [3.8, 4) is 23.1 Å². The molecule has 0 spiro atoms. The molecule has 0 bridgehead atoms. The Bertz CT molecular complexity index is 947. The summed E-state index contributed by atoms with van der Waals surface area (Å²) in [7, 11) is 1.65. The fraction of sp³-hybridized carbons (Fsp3) is 0.350. The maximum absolute atomic E-state index is 11.7. The van der Waals surface area contributed by atoms with E-state index in [1.54, 1.807) is 26.4 Å². The quantitative estimate of drug-likeness (QED) is 0.676. The summed E-state index contributed by atoms with van der Waals surface area (Å²) in [5, 5.41) is 0. The van der Waals surface area contributed by atoms with Crippen molar-refractivity contribution in [3.05, 3.63) is 49.1 Å². The van der Waals surface area contributed by atoms with Crippen molar-refractivity contribution in [2.24, 2.45) is 0 Å². The average Bonchev–Trinajstić information content (AvgIpc) is 3.37. The maximum Gasteiger partial charge on any atom is 0.219 e. The maximum atomic E-state index is 11.7. The zero-order chi connectivity index (χ0) is 19.5. The molecule has 2 aromatic heterocycles. The van der Waals surface area contributed by atoms with Gasteiger partial charge in [0.1, 0.15) is 5.75 Å². The summed E-state index contributed by atoms with van der Waals surface area (Å²) in [5.41, 5.74) is 0.972. The highest BCUT2D eigenvalue weighted by Gasteiger charge is 2.24. The Hall–Kier alpha value is -3.13. The molecule has 0 aliphatic carbocycles. The lowest BCUT2D eigenvalue weighted by molar-refractivity contribution is -0.136. The van der Waals surface area contributed by atoms with Crippen molar-refractivity contribution < 1.29 is 14.3 Å². The molecule has 4 rings (SSSR count). The van der Waals surface area contributed by atoms with Crippen LogP contribution < -0.4 is 4.74 Å². The van der Waals surface area contributed by atoms with E-state index in [-0.39, 0.29) is 12.0 Å². The van der Waals surface area contributed by atoms with Crippen molar-refractivity contribution in [1.82, 2.24) is 24.0 Å². The normalized spacial score (nSPS) is 16.9. The van der Waals surface area contributed by atoms with Crippen LogP contribution in [0.3, 0.4) is 0 Å². The van der Waals surface area contributed by atoms with Crippen LogP contribution in [0, 0.1) is 0 Å². The third-order valence-electron chi connectivity index (χ3n) is 4.89. The summed E-state index contributed by atoms with van der Waals surface area (Å²) < 4.78 is 15.1. The first-order valence-corrected chi connectivity index (χ1v) is 9.22. The Morgan fingerprint density at radius 2 is 1.93 bits per heavy atom. The molecule has 146 valence electrons. The number of benzene rings is 1. The van der Waals surface area contributed by atoms with E-state index < -0.39 is 0 Å². The molecule has 1 aliphatic heterocycles. The number of aromatic nitrogens is 4. The van der Waals surface area contributed by atoms with Gasteiger partial charge >= 0.3 is 0 Å². The first kappa shape index (κ1) is 18.2. The second kappa shape index (κ2) is 7.85. The molecule has 0 saturated carbocycles. The summed E-state index contributed by atoms with van der Waals surface area (Å²) in [4.78, 5) is 22.5. The standard InChI is InChI=1S/C20H23N5O3/c1-15(26)23-11-12-28-18(13-23)14-24-9-7-21-19(24)20-22-8-10-25(20)16-3-5-17(27-2)6-4-16/h3-10,18H,11-14H2,1-2H3/t18-/m1/s1. The van der Waals surface area contributed by atoms with Gasteiger partial charge in [-0.15, -0.1) is 0 Å². The van der Waals surface area contributed by atoms with Gasteiger partial charge in [0.25, 0.3) is 0 Å². The fourth-order valence-corrected chi connectivity index (χ4v) is 3.42. The minimum atomic E-state index is -0.0741. The Labute approximate surface area is 163 Å². The molecule has 3 aromatic rings. The van der Waals surface area contributed by atoms with E-state index in [1.165, 1.54) is 0 Å². The number of methoxy groups -OCH3 is 1. The van der Waals surface area contributed by atoms with Gasteiger partial charge in [-0.2, -0.15) is 0 Å². The highest BCUT2D eigenvalue weighted by Crippen LogP contribution is 2.23. The number of morpholine rings is 1. The van der Waals surface area contributed by atoms with E-state index in [0.717, 1.165) is 23.1 Å². The summed E-state index contributed by atoms with van der Waals surface area (Å²) in [6, 6.07) is 7.79. The molecule has 8 heteroatoms. The molecule has 1 amide bonds. The molecule has 28 heavy (non-hydrogen) atoms. The first-order chi connectivity index (χ1) is 13.7. The van der Waals surface area contributed by atoms with Crippen LogP contribution >= 0.6 is 0 Å². The molecule has 0 N–H and O–H groups in total. The number of rotatable bonds is 5. The Morgan fingerprint density at radius 3 is 2.68 bits per heavy atom. The molecule has 1 aromatic carbocycles. The number of hydrogen-bond acceptors (Lipinski definition) is 5. The van der Waals surface area contributed by atoms with Crippen molar-refractivity contribution in [1.29, 1.82) is 0 Å². The van der Waals surface area contributed by atoms with E-state index in [9.17, 15) is 4.79 Å². The first-order valence-electron chi connectivity index (χ1n) is 9.22. The minimum Gasteiger partial charge on any atom is -0.497 e. The number of hydrogen-bond donors (Lipinski definition) is 0. The highest BCUT2D eigenvalue weighted by molar-refractivity contribution is 5.73. The highest BCUT2D eigenvalue weighted by atomic mass is 16.5.